The molecule has 0 aliphatic carbocycles. The van der Waals surface area contributed by atoms with Crippen LogP contribution in [0.2, 0.25) is 0 Å². The summed E-state index contributed by atoms with van der Waals surface area (Å²) in [5.41, 5.74) is 4.67. The van der Waals surface area contributed by atoms with Crippen LogP contribution in [0.25, 0.3) is 0 Å². The summed E-state index contributed by atoms with van der Waals surface area (Å²) in [4.78, 5) is 14.4. The first-order valence-corrected chi connectivity index (χ1v) is 7.81. The lowest BCUT2D eigenvalue weighted by Crippen LogP contribution is -2.28. The second kappa shape index (κ2) is 5.94. The standard InChI is InChI=1S/C16H23N5O/c1-11-8-17-19-16(11)14-6-7-21(10-14)15(22)5-4-13-9-18-20(3)12(13)2/h8-9,14H,4-7,10H2,1-3H3,(H,17,19). The number of aromatic nitrogens is 4. The van der Waals surface area contributed by atoms with Gasteiger partial charge in [0.15, 0.2) is 0 Å². The number of hydrogen-bond donors (Lipinski definition) is 1. The van der Waals surface area contributed by atoms with Gasteiger partial charge in [0.1, 0.15) is 0 Å². The van der Waals surface area contributed by atoms with Gasteiger partial charge in [0.2, 0.25) is 5.91 Å². The summed E-state index contributed by atoms with van der Waals surface area (Å²) in [5, 5.41) is 11.4. The summed E-state index contributed by atoms with van der Waals surface area (Å²) in [6.45, 7) is 5.75. The minimum absolute atomic E-state index is 0.239. The van der Waals surface area contributed by atoms with Crippen LogP contribution >= 0.6 is 0 Å². The van der Waals surface area contributed by atoms with Crippen molar-refractivity contribution in [3.63, 3.8) is 0 Å². The highest BCUT2D eigenvalue weighted by atomic mass is 16.2. The van der Waals surface area contributed by atoms with Crippen LogP contribution < -0.4 is 0 Å². The molecule has 3 rings (SSSR count). The van der Waals surface area contributed by atoms with E-state index in [-0.39, 0.29) is 5.91 Å². The van der Waals surface area contributed by atoms with Gasteiger partial charge in [-0.15, -0.1) is 0 Å². The van der Waals surface area contributed by atoms with Crippen molar-refractivity contribution < 1.29 is 4.79 Å². The number of hydrogen-bond acceptors (Lipinski definition) is 3. The molecule has 0 aromatic carbocycles. The molecule has 1 saturated heterocycles. The van der Waals surface area contributed by atoms with Crippen LogP contribution in [0.3, 0.4) is 0 Å². The van der Waals surface area contributed by atoms with Gasteiger partial charge >= 0.3 is 0 Å². The van der Waals surface area contributed by atoms with Gasteiger partial charge in [0.25, 0.3) is 0 Å². The van der Waals surface area contributed by atoms with Gasteiger partial charge < -0.3 is 4.90 Å². The van der Waals surface area contributed by atoms with Gasteiger partial charge in [-0.3, -0.25) is 14.6 Å². The summed E-state index contributed by atoms with van der Waals surface area (Å²) in [5.74, 6) is 0.634. The molecule has 1 unspecified atom stereocenters. The van der Waals surface area contributed by atoms with E-state index in [1.54, 1.807) is 0 Å². The molecule has 6 nitrogen and oxygen atoms in total. The summed E-state index contributed by atoms with van der Waals surface area (Å²) < 4.78 is 1.85. The summed E-state index contributed by atoms with van der Waals surface area (Å²) >= 11 is 0. The fourth-order valence-electron chi connectivity index (χ4n) is 3.18. The van der Waals surface area contributed by atoms with Crippen LogP contribution in [0.15, 0.2) is 12.4 Å². The van der Waals surface area contributed by atoms with E-state index in [1.165, 1.54) is 11.3 Å². The maximum Gasteiger partial charge on any atom is 0.222 e. The summed E-state index contributed by atoms with van der Waals surface area (Å²) in [7, 11) is 1.93. The maximum atomic E-state index is 12.4. The molecule has 22 heavy (non-hydrogen) atoms. The molecular weight excluding hydrogens is 278 g/mol. The predicted octanol–water partition coefficient (Wildman–Crippen LogP) is 1.71. The van der Waals surface area contributed by atoms with E-state index in [0.29, 0.717) is 12.3 Å². The molecule has 2 aromatic heterocycles. The summed E-state index contributed by atoms with van der Waals surface area (Å²) in [6.07, 6.45) is 6.05. The highest BCUT2D eigenvalue weighted by Crippen LogP contribution is 2.28. The first kappa shape index (κ1) is 14.8. The molecule has 1 atom stereocenters. The van der Waals surface area contributed by atoms with Crippen molar-refractivity contribution in [3.8, 4) is 0 Å². The number of rotatable bonds is 4. The van der Waals surface area contributed by atoms with Gasteiger partial charge in [-0.1, -0.05) is 0 Å². The largest absolute Gasteiger partial charge is 0.342 e. The number of nitrogens with one attached hydrogen (secondary N) is 1. The Balaban J connectivity index is 1.56. The number of aryl methyl sites for hydroxylation is 3. The Bertz CT molecular complexity index is 672. The first-order valence-electron chi connectivity index (χ1n) is 7.81. The monoisotopic (exact) mass is 301 g/mol. The molecule has 6 heteroatoms. The zero-order valence-corrected chi connectivity index (χ0v) is 13.5. The third-order valence-corrected chi connectivity index (χ3v) is 4.76. The minimum Gasteiger partial charge on any atom is -0.342 e. The Hall–Kier alpha value is -2.11. The van der Waals surface area contributed by atoms with Gasteiger partial charge in [0, 0.05) is 43.9 Å². The minimum atomic E-state index is 0.239. The van der Waals surface area contributed by atoms with Crippen LogP contribution in [0.1, 0.15) is 41.3 Å². The second-order valence-electron chi connectivity index (χ2n) is 6.17. The maximum absolute atomic E-state index is 12.4. The second-order valence-corrected chi connectivity index (χ2v) is 6.17. The van der Waals surface area contributed by atoms with Crippen LogP contribution in [-0.4, -0.2) is 43.9 Å². The lowest BCUT2D eigenvalue weighted by molar-refractivity contribution is -0.130. The SMILES string of the molecule is Cc1cn[nH]c1C1CCN(C(=O)CCc2cnn(C)c2C)C1. The van der Waals surface area contributed by atoms with Crippen molar-refractivity contribution in [3.05, 3.63) is 34.9 Å². The number of carbonyl (C=O) groups excluding carboxylic acids is 1. The van der Waals surface area contributed by atoms with Gasteiger partial charge in [-0.2, -0.15) is 10.2 Å². The lowest BCUT2D eigenvalue weighted by Gasteiger charge is -2.16. The van der Waals surface area contributed by atoms with E-state index in [0.717, 1.165) is 37.2 Å². The molecule has 1 fully saturated rings. The van der Waals surface area contributed by atoms with E-state index < -0.39 is 0 Å². The number of carbonyl (C=O) groups is 1. The summed E-state index contributed by atoms with van der Waals surface area (Å²) in [6, 6.07) is 0. The molecule has 0 spiro atoms. The zero-order valence-electron chi connectivity index (χ0n) is 13.5. The van der Waals surface area contributed by atoms with E-state index in [9.17, 15) is 4.79 Å². The molecule has 3 heterocycles. The van der Waals surface area contributed by atoms with Crippen molar-refractivity contribution in [1.82, 2.24) is 24.9 Å². The van der Waals surface area contributed by atoms with E-state index in [2.05, 4.69) is 22.2 Å². The van der Waals surface area contributed by atoms with Crippen LogP contribution in [0.5, 0.6) is 0 Å². The van der Waals surface area contributed by atoms with Gasteiger partial charge in [0.05, 0.1) is 12.4 Å². The van der Waals surface area contributed by atoms with E-state index >= 15 is 0 Å². The average Bonchev–Trinajstić information content (AvgIpc) is 3.20. The number of nitrogens with zero attached hydrogens (tertiary/aromatic N) is 4. The Labute approximate surface area is 130 Å². The Morgan fingerprint density at radius 3 is 2.86 bits per heavy atom. The van der Waals surface area contributed by atoms with Crippen molar-refractivity contribution in [2.45, 2.75) is 39.0 Å². The Kier molecular flexibility index (Phi) is 4.00. The smallest absolute Gasteiger partial charge is 0.222 e. The van der Waals surface area contributed by atoms with Crippen molar-refractivity contribution in [2.75, 3.05) is 13.1 Å². The number of amides is 1. The zero-order chi connectivity index (χ0) is 15.7. The number of likely N-dealkylation sites (tertiary alicyclic amines) is 1. The third kappa shape index (κ3) is 2.77. The Morgan fingerprint density at radius 1 is 1.41 bits per heavy atom. The highest BCUT2D eigenvalue weighted by Gasteiger charge is 2.28. The normalized spacial score (nSPS) is 18.1. The number of aromatic amines is 1. The molecule has 118 valence electrons. The molecule has 1 aliphatic heterocycles. The van der Waals surface area contributed by atoms with Crippen LogP contribution in [-0.2, 0) is 18.3 Å². The van der Waals surface area contributed by atoms with Gasteiger partial charge in [-0.25, -0.2) is 0 Å². The van der Waals surface area contributed by atoms with E-state index in [4.69, 9.17) is 0 Å². The average molecular weight is 301 g/mol. The molecule has 0 saturated carbocycles. The van der Waals surface area contributed by atoms with Crippen LogP contribution in [0, 0.1) is 13.8 Å². The molecule has 0 radical (unpaired) electrons. The van der Waals surface area contributed by atoms with Gasteiger partial charge in [-0.05, 0) is 37.8 Å². The lowest BCUT2D eigenvalue weighted by atomic mass is 10.0. The fraction of sp³-hybridized carbons (Fsp3) is 0.562. The quantitative estimate of drug-likeness (QED) is 0.935. The molecule has 1 amide bonds. The highest BCUT2D eigenvalue weighted by molar-refractivity contribution is 5.76. The number of H-pyrrole nitrogens is 1. The van der Waals surface area contributed by atoms with Crippen molar-refractivity contribution in [1.29, 1.82) is 0 Å². The fourth-order valence-corrected chi connectivity index (χ4v) is 3.18. The topological polar surface area (TPSA) is 66.8 Å². The molecular formula is C16H23N5O. The third-order valence-electron chi connectivity index (χ3n) is 4.76. The molecule has 0 bridgehead atoms. The molecule has 2 aromatic rings. The van der Waals surface area contributed by atoms with Crippen LogP contribution in [0.4, 0.5) is 0 Å². The molecule has 1 N–H and O–H groups in total. The molecule has 1 aliphatic rings. The first-order chi connectivity index (χ1) is 10.6. The van der Waals surface area contributed by atoms with Crippen molar-refractivity contribution >= 4 is 5.91 Å². The van der Waals surface area contributed by atoms with Crippen molar-refractivity contribution in [2.24, 2.45) is 7.05 Å². The Morgan fingerprint density at radius 2 is 2.23 bits per heavy atom. The predicted molar refractivity (Wildman–Crippen MR) is 83.5 cm³/mol. The van der Waals surface area contributed by atoms with E-state index in [1.807, 2.05) is 35.9 Å².